The molecule has 6 aromatic rings. The van der Waals surface area contributed by atoms with Gasteiger partial charge in [-0.25, -0.2) is 0 Å². The highest BCUT2D eigenvalue weighted by molar-refractivity contribution is 7.85. The van der Waals surface area contributed by atoms with Crippen molar-refractivity contribution in [3.63, 3.8) is 0 Å². The highest BCUT2D eigenvalue weighted by atomic mass is 14.3. The van der Waals surface area contributed by atoms with Crippen LogP contribution in [0.1, 0.15) is 77.9 Å². The second kappa shape index (κ2) is 20.9. The van der Waals surface area contributed by atoms with Crippen molar-refractivity contribution in [2.75, 3.05) is 0 Å². The molecule has 0 saturated heterocycles. The minimum absolute atomic E-state index is 0.319. The molecule has 0 heterocycles. The van der Waals surface area contributed by atoms with Crippen molar-refractivity contribution in [1.29, 1.82) is 0 Å². The topological polar surface area (TPSA) is 0 Å². The van der Waals surface area contributed by atoms with Crippen LogP contribution >= 0.6 is 0 Å². The van der Waals surface area contributed by atoms with Gasteiger partial charge in [-0.3, -0.25) is 0 Å². The van der Waals surface area contributed by atoms with E-state index in [1.54, 1.807) is 0 Å². The summed E-state index contributed by atoms with van der Waals surface area (Å²) in [6.45, 7) is 26.9. The summed E-state index contributed by atoms with van der Waals surface area (Å²) in [5.41, 5.74) is 22.9. The minimum atomic E-state index is -1.14. The van der Waals surface area contributed by atoms with Crippen LogP contribution in [0.15, 0.2) is 0 Å². The third kappa shape index (κ3) is 8.64. The smallest absolute Gasteiger partial charge is 0.112 e. The number of hydrogen-bond donors (Lipinski definition) is 0. The Morgan fingerprint density at radius 3 is 1.17 bits per heavy atom. The summed E-state index contributed by atoms with van der Waals surface area (Å²) in [6, 6.07) is 0. The molecule has 0 saturated carbocycles. The Labute approximate surface area is 440 Å². The number of aryl methyl sites for hydroxylation is 5. The summed E-state index contributed by atoms with van der Waals surface area (Å²) in [4.78, 5) is 0. The van der Waals surface area contributed by atoms with Crippen LogP contribution in [0.25, 0.3) is 54.6 Å². The first-order valence-electron chi connectivity index (χ1n) is 23.8. The minimum Gasteiger partial charge on any atom is -0.112 e. The highest BCUT2D eigenvalue weighted by Crippen LogP contribution is 2.51. The summed E-state index contributed by atoms with van der Waals surface area (Å²) in [5.74, 6) is 0. The normalized spacial score (nSPS) is 11.3. The second-order valence-electron chi connectivity index (χ2n) is 19.9. The van der Waals surface area contributed by atoms with E-state index in [4.69, 9.17) is 108 Å². The van der Waals surface area contributed by atoms with E-state index < -0.39 is 51.5 Å². The Morgan fingerprint density at radius 2 is 0.739 bits per heavy atom. The highest BCUT2D eigenvalue weighted by Gasteiger charge is 2.39. The zero-order valence-electron chi connectivity index (χ0n) is 43.4. The van der Waals surface area contributed by atoms with Crippen molar-refractivity contribution in [3.8, 4) is 22.3 Å². The van der Waals surface area contributed by atoms with Gasteiger partial charge in [-0.05, 0) is 224 Å². The first kappa shape index (κ1) is 56.0. The predicted octanol–water partition coefficient (Wildman–Crippen LogP) is -1.67. The maximum atomic E-state index is 7.64. The van der Waals surface area contributed by atoms with Crippen LogP contribution in [-0.4, -0.2) is 181 Å². The Bertz CT molecular complexity index is 3050. The van der Waals surface area contributed by atoms with Crippen LogP contribution in [0, 0.1) is 96.9 Å². The molecule has 6 rings (SSSR count). The molecule has 0 aromatic heterocycles. The average molecular weight is 841 g/mol. The van der Waals surface area contributed by atoms with Crippen LogP contribution in [0.5, 0.6) is 0 Å². The molecule has 0 bridgehead atoms. The molecule has 0 atom stereocenters. The standard InChI is InChI=1S/C44H42B25/c1-15-16(2)21(7)29(22(8)17(15)3)36-31-24(10)19(5)18(4)23(9)30(31)27(13)34-32(36)25(11)20(6)26(12)33(34)37-40(59-46)39(45)35-28(14)41(65(68(55)56)69(57)58)44(64(61-48)67(53)54)43(63(50)66(51)52)38(35)42(37)62(49)60-47/h1-14H3. The predicted molar refractivity (Wildman–Crippen MR) is 338 cm³/mol. The summed E-state index contributed by atoms with van der Waals surface area (Å²) in [7, 11) is 99.6. The zero-order chi connectivity index (χ0) is 52.1. The average Bonchev–Trinajstić information content (AvgIpc) is 3.29. The molecular weight excluding hydrogens is 799 g/mol. The lowest BCUT2D eigenvalue weighted by Gasteiger charge is -2.39. The van der Waals surface area contributed by atoms with E-state index >= 15 is 0 Å². The Balaban J connectivity index is 2.15. The molecular formula is C44H42B25. The van der Waals surface area contributed by atoms with Gasteiger partial charge in [0, 0.05) is 140 Å². The molecule has 6 aromatic carbocycles. The Morgan fingerprint density at radius 1 is 0.319 bits per heavy atom. The first-order chi connectivity index (χ1) is 32.1. The fraction of sp³-hybridized carbons (Fsp3) is 0.318. The molecule has 293 valence electrons. The molecule has 0 amide bonds. The van der Waals surface area contributed by atoms with Crippen molar-refractivity contribution in [1.82, 2.24) is 0 Å². The number of hydrogen-bond acceptors (Lipinski definition) is 0. The summed E-state index contributed by atoms with van der Waals surface area (Å²) < 4.78 is 0. The van der Waals surface area contributed by atoms with Gasteiger partial charge in [-0.15, -0.1) is 10.9 Å². The fourth-order valence-corrected chi connectivity index (χ4v) is 12.0. The third-order valence-electron chi connectivity index (χ3n) is 16.6. The van der Waals surface area contributed by atoms with Gasteiger partial charge < -0.3 is 0 Å². The van der Waals surface area contributed by atoms with E-state index in [0.717, 1.165) is 38.6 Å². The van der Waals surface area contributed by atoms with Gasteiger partial charge in [0.15, 0.2) is 0 Å². The molecule has 0 aliphatic carbocycles. The molecule has 0 nitrogen and oxygen atoms in total. The summed E-state index contributed by atoms with van der Waals surface area (Å²) in [6.07, 6.45) is -4.37. The van der Waals surface area contributed by atoms with Crippen LogP contribution in [0.2, 0.25) is 0 Å². The van der Waals surface area contributed by atoms with Crippen molar-refractivity contribution >= 4 is 246 Å². The largest absolute Gasteiger partial charge is 0.113 e. The lowest BCUT2D eigenvalue weighted by atomic mass is 8.70. The molecule has 25 heteroatoms. The monoisotopic (exact) mass is 846 g/mol. The molecule has 0 aliphatic heterocycles. The molecule has 0 aliphatic rings. The number of rotatable bonds is 13. The van der Waals surface area contributed by atoms with Gasteiger partial charge in [0.05, 0.1) is 33.1 Å². The van der Waals surface area contributed by atoms with Crippen LogP contribution in [-0.2, 0) is 0 Å². The van der Waals surface area contributed by atoms with E-state index in [-0.39, 0.29) is 0 Å². The maximum absolute atomic E-state index is 7.64. The Kier molecular flexibility index (Phi) is 17.0. The van der Waals surface area contributed by atoms with Gasteiger partial charge >= 0.3 is 0 Å². The third-order valence-corrected chi connectivity index (χ3v) is 16.6. The molecule has 0 unspecified atom stereocenters. The van der Waals surface area contributed by atoms with Crippen LogP contribution in [0.3, 0.4) is 0 Å². The van der Waals surface area contributed by atoms with Crippen molar-refractivity contribution in [2.45, 2.75) is 96.9 Å². The van der Waals surface area contributed by atoms with E-state index in [1.807, 2.05) is 6.92 Å². The van der Waals surface area contributed by atoms with Crippen molar-refractivity contribution < 1.29 is 0 Å². The van der Waals surface area contributed by atoms with Crippen molar-refractivity contribution in [2.24, 2.45) is 0 Å². The first-order valence-corrected chi connectivity index (χ1v) is 23.8. The summed E-state index contributed by atoms with van der Waals surface area (Å²) in [5, 5.41) is 5.62. The summed E-state index contributed by atoms with van der Waals surface area (Å²) >= 11 is 0. The molecule has 31 radical (unpaired) electrons. The number of fused-ring (bicyclic) bond motifs is 3. The lowest BCUT2D eigenvalue weighted by Crippen LogP contribution is -2.74. The van der Waals surface area contributed by atoms with Crippen LogP contribution in [0.4, 0.5) is 0 Å². The van der Waals surface area contributed by atoms with Crippen molar-refractivity contribution in [3.05, 3.63) is 77.9 Å². The Hall–Kier alpha value is -2.28. The van der Waals surface area contributed by atoms with E-state index in [0.29, 0.717) is 54.7 Å². The molecule has 0 N–H and O–H groups in total. The van der Waals surface area contributed by atoms with E-state index in [1.165, 1.54) is 93.3 Å². The van der Waals surface area contributed by atoms with Gasteiger partial charge in [-0.2, -0.15) is 0 Å². The SMILES string of the molecule is [B][B]B(B([B])[B])c1c(B(B([B])[B])B([B])[B])c(C)c2c([B])c([B][B])c(-c3c(C)c(C)c(C)c4c(-c5c(C)c(C)c(C)c(C)c5C)c5c(C)c(C)c(C)c(C)c5c(C)c34)c(B([B])[B][B])c2c1B([B])B([B])[B]. The lowest BCUT2D eigenvalue weighted by molar-refractivity contribution is 1.18. The van der Waals surface area contributed by atoms with Gasteiger partial charge in [0.1, 0.15) is 7.85 Å². The zero-order valence-corrected chi connectivity index (χ0v) is 43.4. The van der Waals surface area contributed by atoms with Gasteiger partial charge in [0.25, 0.3) is 0 Å². The van der Waals surface area contributed by atoms with E-state index in [2.05, 4.69) is 90.0 Å². The maximum Gasteiger partial charge on any atom is 0.113 e. The second-order valence-corrected chi connectivity index (χ2v) is 19.9. The van der Waals surface area contributed by atoms with E-state index in [9.17, 15) is 0 Å². The van der Waals surface area contributed by atoms with Gasteiger partial charge in [-0.1, -0.05) is 27.4 Å². The van der Waals surface area contributed by atoms with Crippen LogP contribution < -0.4 is 32.8 Å². The molecule has 0 fully saturated rings. The fourth-order valence-electron chi connectivity index (χ4n) is 12.0. The number of benzene rings is 6. The quantitative estimate of drug-likeness (QED) is 0.0966. The molecule has 69 heavy (non-hydrogen) atoms. The van der Waals surface area contributed by atoms with Gasteiger partial charge in [0.2, 0.25) is 0 Å². The molecule has 0 spiro atoms.